The smallest absolute Gasteiger partial charge is 0.299 e. The lowest BCUT2D eigenvalue weighted by atomic mass is 10.2. The average molecular weight is 230 g/mol. The summed E-state index contributed by atoms with van der Waals surface area (Å²) in [5.41, 5.74) is 1.04. The lowest BCUT2D eigenvalue weighted by Gasteiger charge is -2.08. The third-order valence-corrected chi connectivity index (χ3v) is 2.96. The lowest BCUT2D eigenvalue weighted by Crippen LogP contribution is -2.29. The molecule has 5 nitrogen and oxygen atoms in total. The van der Waals surface area contributed by atoms with Crippen molar-refractivity contribution in [3.8, 4) is 5.75 Å². The SMILES string of the molecule is CCNS(=O)(=O)Nc1ccc(O)c(C)c1. The van der Waals surface area contributed by atoms with Crippen molar-refractivity contribution in [1.82, 2.24) is 4.72 Å². The Morgan fingerprint density at radius 3 is 2.60 bits per heavy atom. The number of rotatable bonds is 4. The van der Waals surface area contributed by atoms with Crippen LogP contribution in [0.15, 0.2) is 18.2 Å². The van der Waals surface area contributed by atoms with Crippen molar-refractivity contribution in [2.24, 2.45) is 0 Å². The van der Waals surface area contributed by atoms with Gasteiger partial charge in [-0.1, -0.05) is 6.92 Å². The van der Waals surface area contributed by atoms with E-state index in [2.05, 4.69) is 9.44 Å². The minimum atomic E-state index is -3.50. The summed E-state index contributed by atoms with van der Waals surface area (Å²) in [5, 5.41) is 9.25. The topological polar surface area (TPSA) is 78.4 Å². The van der Waals surface area contributed by atoms with Crippen molar-refractivity contribution in [2.45, 2.75) is 13.8 Å². The van der Waals surface area contributed by atoms with Crippen LogP contribution >= 0.6 is 0 Å². The Morgan fingerprint density at radius 1 is 1.40 bits per heavy atom. The number of phenols is 1. The molecule has 0 fully saturated rings. The van der Waals surface area contributed by atoms with Gasteiger partial charge in [-0.2, -0.15) is 13.1 Å². The van der Waals surface area contributed by atoms with Crippen molar-refractivity contribution < 1.29 is 13.5 Å². The number of aryl methyl sites for hydroxylation is 1. The van der Waals surface area contributed by atoms with Gasteiger partial charge in [-0.3, -0.25) is 4.72 Å². The summed E-state index contributed by atoms with van der Waals surface area (Å²) >= 11 is 0. The van der Waals surface area contributed by atoms with Gasteiger partial charge in [-0.05, 0) is 30.7 Å². The molecule has 0 aliphatic carbocycles. The van der Waals surface area contributed by atoms with E-state index in [1.54, 1.807) is 19.9 Å². The second-order valence-electron chi connectivity index (χ2n) is 3.10. The molecule has 84 valence electrons. The predicted octanol–water partition coefficient (Wildman–Crippen LogP) is 0.967. The highest BCUT2D eigenvalue weighted by atomic mass is 32.2. The van der Waals surface area contributed by atoms with Gasteiger partial charge in [-0.15, -0.1) is 0 Å². The molecule has 0 atom stereocenters. The van der Waals surface area contributed by atoms with Crippen LogP contribution in [-0.4, -0.2) is 20.1 Å². The second-order valence-corrected chi connectivity index (χ2v) is 4.60. The lowest BCUT2D eigenvalue weighted by molar-refractivity contribution is 0.471. The largest absolute Gasteiger partial charge is 0.508 e. The van der Waals surface area contributed by atoms with E-state index in [-0.39, 0.29) is 5.75 Å². The molecular formula is C9H14N2O3S. The number of phenolic OH excluding ortho intramolecular Hbond substituents is 1. The van der Waals surface area contributed by atoms with Gasteiger partial charge in [0.15, 0.2) is 0 Å². The van der Waals surface area contributed by atoms with Crippen molar-refractivity contribution in [3.63, 3.8) is 0 Å². The molecule has 0 unspecified atom stereocenters. The van der Waals surface area contributed by atoms with Crippen molar-refractivity contribution in [1.29, 1.82) is 0 Å². The van der Waals surface area contributed by atoms with E-state index in [0.29, 0.717) is 17.8 Å². The molecule has 1 aromatic carbocycles. The van der Waals surface area contributed by atoms with E-state index in [9.17, 15) is 13.5 Å². The molecule has 0 heterocycles. The number of anilines is 1. The summed E-state index contributed by atoms with van der Waals surface area (Å²) < 4.78 is 27.3. The first-order chi connectivity index (χ1) is 6.94. The Hall–Kier alpha value is -1.27. The number of hydrogen-bond acceptors (Lipinski definition) is 3. The van der Waals surface area contributed by atoms with E-state index >= 15 is 0 Å². The molecule has 0 spiro atoms. The van der Waals surface area contributed by atoms with Crippen molar-refractivity contribution >= 4 is 15.9 Å². The summed E-state index contributed by atoms with van der Waals surface area (Å²) in [5.74, 6) is 0.140. The van der Waals surface area contributed by atoms with Crippen LogP contribution in [0.4, 0.5) is 5.69 Å². The number of benzene rings is 1. The van der Waals surface area contributed by atoms with Crippen LogP contribution in [0.2, 0.25) is 0 Å². The van der Waals surface area contributed by atoms with E-state index in [1.807, 2.05) is 0 Å². The Morgan fingerprint density at radius 2 is 2.07 bits per heavy atom. The zero-order valence-electron chi connectivity index (χ0n) is 8.61. The van der Waals surface area contributed by atoms with Crippen LogP contribution < -0.4 is 9.44 Å². The quantitative estimate of drug-likeness (QED) is 0.674. The third-order valence-electron chi connectivity index (χ3n) is 1.78. The predicted molar refractivity (Wildman–Crippen MR) is 59.1 cm³/mol. The molecule has 3 N–H and O–H groups in total. The number of nitrogens with one attached hydrogen (secondary N) is 2. The molecule has 15 heavy (non-hydrogen) atoms. The Kier molecular flexibility index (Phi) is 3.54. The first kappa shape index (κ1) is 11.8. The van der Waals surface area contributed by atoms with Crippen LogP contribution in [-0.2, 0) is 10.2 Å². The van der Waals surface area contributed by atoms with Gasteiger partial charge in [0, 0.05) is 6.54 Å². The third kappa shape index (κ3) is 3.41. The highest BCUT2D eigenvalue weighted by Gasteiger charge is 2.08. The van der Waals surface area contributed by atoms with E-state index < -0.39 is 10.2 Å². The maximum atomic E-state index is 11.3. The van der Waals surface area contributed by atoms with Gasteiger partial charge in [0.1, 0.15) is 5.75 Å². The molecule has 0 saturated heterocycles. The molecular weight excluding hydrogens is 216 g/mol. The van der Waals surface area contributed by atoms with Crippen LogP contribution in [0, 0.1) is 6.92 Å². The van der Waals surface area contributed by atoms with Gasteiger partial charge in [0.25, 0.3) is 10.2 Å². The Balaban J connectivity index is 2.86. The van der Waals surface area contributed by atoms with E-state index in [0.717, 1.165) is 0 Å². The average Bonchev–Trinajstić information content (AvgIpc) is 2.10. The summed E-state index contributed by atoms with van der Waals surface area (Å²) in [6.07, 6.45) is 0. The highest BCUT2D eigenvalue weighted by molar-refractivity contribution is 7.90. The van der Waals surface area contributed by atoms with Gasteiger partial charge < -0.3 is 5.11 Å². The van der Waals surface area contributed by atoms with Crippen LogP contribution in [0.1, 0.15) is 12.5 Å². The molecule has 0 bridgehead atoms. The molecule has 0 aliphatic heterocycles. The maximum absolute atomic E-state index is 11.3. The Bertz CT molecular complexity index is 443. The van der Waals surface area contributed by atoms with Crippen LogP contribution in [0.3, 0.4) is 0 Å². The van der Waals surface area contributed by atoms with Gasteiger partial charge >= 0.3 is 0 Å². The molecule has 1 rings (SSSR count). The summed E-state index contributed by atoms with van der Waals surface area (Å²) in [6.45, 7) is 3.72. The molecule has 0 aliphatic rings. The van der Waals surface area contributed by atoms with E-state index in [4.69, 9.17) is 0 Å². The number of aromatic hydroxyl groups is 1. The molecule has 6 heteroatoms. The fraction of sp³-hybridized carbons (Fsp3) is 0.333. The van der Waals surface area contributed by atoms with Crippen LogP contribution in [0.25, 0.3) is 0 Å². The molecule has 0 amide bonds. The highest BCUT2D eigenvalue weighted by Crippen LogP contribution is 2.20. The van der Waals surface area contributed by atoms with Crippen molar-refractivity contribution in [2.75, 3.05) is 11.3 Å². The minimum Gasteiger partial charge on any atom is -0.508 e. The standard InChI is InChI=1S/C9H14N2O3S/c1-3-10-15(13,14)11-8-4-5-9(12)7(2)6-8/h4-6,10-12H,3H2,1-2H3. The first-order valence-electron chi connectivity index (χ1n) is 4.51. The van der Waals surface area contributed by atoms with Gasteiger partial charge in [0.2, 0.25) is 0 Å². The summed E-state index contributed by atoms with van der Waals surface area (Å²) in [7, 11) is -3.50. The zero-order valence-corrected chi connectivity index (χ0v) is 9.43. The minimum absolute atomic E-state index is 0.140. The molecule has 0 aromatic heterocycles. The second kappa shape index (κ2) is 4.50. The first-order valence-corrected chi connectivity index (χ1v) is 6.00. The monoisotopic (exact) mass is 230 g/mol. The summed E-state index contributed by atoms with van der Waals surface area (Å²) in [6, 6.07) is 4.50. The molecule has 0 radical (unpaired) electrons. The van der Waals surface area contributed by atoms with E-state index in [1.165, 1.54) is 12.1 Å². The maximum Gasteiger partial charge on any atom is 0.299 e. The van der Waals surface area contributed by atoms with Crippen molar-refractivity contribution in [3.05, 3.63) is 23.8 Å². The molecule has 1 aromatic rings. The van der Waals surface area contributed by atoms with Crippen LogP contribution in [0.5, 0.6) is 5.75 Å². The fourth-order valence-electron chi connectivity index (χ4n) is 1.10. The summed E-state index contributed by atoms with van der Waals surface area (Å²) in [4.78, 5) is 0. The fourth-order valence-corrected chi connectivity index (χ4v) is 1.99. The van der Waals surface area contributed by atoms with Gasteiger partial charge in [-0.25, -0.2) is 0 Å². The number of hydrogen-bond donors (Lipinski definition) is 3. The Labute approximate surface area is 89.3 Å². The zero-order chi connectivity index (χ0) is 11.5. The van der Waals surface area contributed by atoms with Gasteiger partial charge in [0.05, 0.1) is 5.69 Å². The molecule has 0 saturated carbocycles. The normalized spacial score (nSPS) is 11.3.